The molecule has 9 heteroatoms. The number of carbonyl (C=O) groups excluding carboxylic acids is 3. The third-order valence-corrected chi connectivity index (χ3v) is 4.84. The van der Waals surface area contributed by atoms with Gasteiger partial charge in [0, 0.05) is 11.3 Å². The highest BCUT2D eigenvalue weighted by molar-refractivity contribution is 7.22. The zero-order valence-corrected chi connectivity index (χ0v) is 16.7. The summed E-state index contributed by atoms with van der Waals surface area (Å²) < 4.78 is 5.71. The average Bonchev–Trinajstić information content (AvgIpc) is 3.10. The van der Waals surface area contributed by atoms with E-state index in [1.165, 1.54) is 11.3 Å². The number of amides is 3. The van der Waals surface area contributed by atoms with Gasteiger partial charge in [-0.2, -0.15) is 0 Å². The zero-order chi connectivity index (χ0) is 20.8. The molecule has 3 rings (SSSR count). The minimum atomic E-state index is -0.766. The Kier molecular flexibility index (Phi) is 6.40. The van der Waals surface area contributed by atoms with Crippen LogP contribution in [0.4, 0.5) is 15.6 Å². The predicted molar refractivity (Wildman–Crippen MR) is 112 cm³/mol. The zero-order valence-electron chi connectivity index (χ0n) is 15.9. The molecule has 3 aromatic rings. The number of hydrogen-bond acceptors (Lipinski definition) is 6. The molecule has 1 heterocycles. The number of rotatable bonds is 6. The highest BCUT2D eigenvalue weighted by atomic mass is 32.1. The Morgan fingerprint density at radius 1 is 1.10 bits per heavy atom. The van der Waals surface area contributed by atoms with Crippen molar-refractivity contribution in [1.29, 1.82) is 0 Å². The standard InChI is InChI=1S/C20H20N4O4S/c1-3-28-18(26)12(2)21-19(27)22-14-9-10-16-15(11-14)23-20(29-16)24-17(25)13-7-5-4-6-8-13/h4-12H,3H2,1-2H3,(H2,21,22,27)(H,23,24,25). The van der Waals surface area contributed by atoms with E-state index in [0.29, 0.717) is 21.9 Å². The SMILES string of the molecule is CCOC(=O)C(C)NC(=O)Nc1ccc2sc(NC(=O)c3ccccc3)nc2c1. The van der Waals surface area contributed by atoms with Gasteiger partial charge in [-0.3, -0.25) is 10.1 Å². The molecule has 3 amide bonds. The van der Waals surface area contributed by atoms with Gasteiger partial charge in [-0.15, -0.1) is 0 Å². The Morgan fingerprint density at radius 2 is 1.86 bits per heavy atom. The molecule has 150 valence electrons. The average molecular weight is 412 g/mol. The van der Waals surface area contributed by atoms with Crippen LogP contribution in [-0.2, 0) is 9.53 Å². The Balaban J connectivity index is 1.65. The van der Waals surface area contributed by atoms with Crippen LogP contribution in [0.2, 0.25) is 0 Å². The molecule has 0 saturated carbocycles. The van der Waals surface area contributed by atoms with Gasteiger partial charge in [0.2, 0.25) is 0 Å². The molecule has 1 atom stereocenters. The minimum Gasteiger partial charge on any atom is -0.464 e. The van der Waals surface area contributed by atoms with Gasteiger partial charge >= 0.3 is 12.0 Å². The number of ether oxygens (including phenoxy) is 1. The monoisotopic (exact) mass is 412 g/mol. The van der Waals surface area contributed by atoms with Crippen LogP contribution < -0.4 is 16.0 Å². The van der Waals surface area contributed by atoms with E-state index in [4.69, 9.17) is 4.74 Å². The summed E-state index contributed by atoms with van der Waals surface area (Å²) in [7, 11) is 0. The van der Waals surface area contributed by atoms with E-state index in [-0.39, 0.29) is 12.5 Å². The van der Waals surface area contributed by atoms with E-state index < -0.39 is 18.0 Å². The van der Waals surface area contributed by atoms with Crippen LogP contribution in [0.3, 0.4) is 0 Å². The van der Waals surface area contributed by atoms with Crippen LogP contribution in [-0.4, -0.2) is 35.5 Å². The maximum atomic E-state index is 12.3. The normalized spacial score (nSPS) is 11.5. The van der Waals surface area contributed by atoms with Crippen LogP contribution in [0.15, 0.2) is 48.5 Å². The summed E-state index contributed by atoms with van der Waals surface area (Å²) >= 11 is 1.34. The summed E-state index contributed by atoms with van der Waals surface area (Å²) in [5.74, 6) is -0.744. The summed E-state index contributed by atoms with van der Waals surface area (Å²) in [6.45, 7) is 3.49. The van der Waals surface area contributed by atoms with Gasteiger partial charge in [-0.05, 0) is 44.2 Å². The van der Waals surface area contributed by atoms with Crippen LogP contribution in [0, 0.1) is 0 Å². The van der Waals surface area contributed by atoms with Crippen LogP contribution >= 0.6 is 11.3 Å². The third kappa shape index (κ3) is 5.29. The van der Waals surface area contributed by atoms with Gasteiger partial charge in [-0.25, -0.2) is 14.6 Å². The second kappa shape index (κ2) is 9.16. The largest absolute Gasteiger partial charge is 0.464 e. The lowest BCUT2D eigenvalue weighted by molar-refractivity contribution is -0.144. The van der Waals surface area contributed by atoms with Crippen LogP contribution in [0.25, 0.3) is 10.2 Å². The van der Waals surface area contributed by atoms with Crippen molar-refractivity contribution in [2.24, 2.45) is 0 Å². The molecule has 0 fully saturated rings. The van der Waals surface area contributed by atoms with Crippen molar-refractivity contribution in [1.82, 2.24) is 10.3 Å². The first-order valence-electron chi connectivity index (χ1n) is 8.97. The van der Waals surface area contributed by atoms with Crippen molar-refractivity contribution in [3.8, 4) is 0 Å². The molecule has 3 N–H and O–H groups in total. The summed E-state index contributed by atoms with van der Waals surface area (Å²) in [5, 5.41) is 8.41. The quantitative estimate of drug-likeness (QED) is 0.536. The number of anilines is 2. The summed E-state index contributed by atoms with van der Waals surface area (Å²) in [5.41, 5.74) is 1.69. The van der Waals surface area contributed by atoms with Crippen molar-refractivity contribution >= 4 is 50.3 Å². The molecule has 0 aliphatic carbocycles. The van der Waals surface area contributed by atoms with E-state index in [9.17, 15) is 14.4 Å². The van der Waals surface area contributed by atoms with Gasteiger partial charge in [0.1, 0.15) is 6.04 Å². The number of nitrogens with zero attached hydrogens (tertiary/aromatic N) is 1. The summed E-state index contributed by atoms with van der Waals surface area (Å²) in [4.78, 5) is 40.3. The number of fused-ring (bicyclic) bond motifs is 1. The maximum absolute atomic E-state index is 12.3. The molecular weight excluding hydrogens is 392 g/mol. The number of thiazole rings is 1. The number of hydrogen-bond donors (Lipinski definition) is 3. The first kappa shape index (κ1) is 20.3. The Labute approximate surface area is 171 Å². The molecule has 0 aliphatic rings. The molecule has 0 spiro atoms. The van der Waals surface area contributed by atoms with E-state index in [2.05, 4.69) is 20.9 Å². The van der Waals surface area contributed by atoms with E-state index in [1.807, 2.05) is 6.07 Å². The molecule has 1 aromatic heterocycles. The molecule has 8 nitrogen and oxygen atoms in total. The van der Waals surface area contributed by atoms with Gasteiger partial charge in [0.15, 0.2) is 5.13 Å². The van der Waals surface area contributed by atoms with Crippen molar-refractivity contribution in [2.75, 3.05) is 17.2 Å². The van der Waals surface area contributed by atoms with Gasteiger partial charge < -0.3 is 15.4 Å². The number of carbonyl (C=O) groups is 3. The summed E-state index contributed by atoms with van der Waals surface area (Å²) in [6, 6.07) is 12.8. The lowest BCUT2D eigenvalue weighted by atomic mass is 10.2. The molecule has 0 aliphatic heterocycles. The first-order chi connectivity index (χ1) is 14.0. The molecular formula is C20H20N4O4S. The van der Waals surface area contributed by atoms with Crippen LogP contribution in [0.5, 0.6) is 0 Å². The van der Waals surface area contributed by atoms with E-state index in [1.54, 1.807) is 56.3 Å². The Bertz CT molecular complexity index is 1040. The fourth-order valence-electron chi connectivity index (χ4n) is 2.51. The highest BCUT2D eigenvalue weighted by Gasteiger charge is 2.17. The van der Waals surface area contributed by atoms with Crippen LogP contribution in [0.1, 0.15) is 24.2 Å². The second-order valence-electron chi connectivity index (χ2n) is 6.09. The number of urea groups is 1. The van der Waals surface area contributed by atoms with E-state index in [0.717, 1.165) is 4.70 Å². The van der Waals surface area contributed by atoms with Crippen molar-refractivity contribution in [3.63, 3.8) is 0 Å². The number of benzene rings is 2. The lowest BCUT2D eigenvalue weighted by Crippen LogP contribution is -2.41. The molecule has 1 unspecified atom stereocenters. The topological polar surface area (TPSA) is 109 Å². The van der Waals surface area contributed by atoms with Gasteiger partial charge in [-0.1, -0.05) is 29.5 Å². The summed E-state index contributed by atoms with van der Waals surface area (Å²) in [6.07, 6.45) is 0. The fraction of sp³-hybridized carbons (Fsp3) is 0.200. The Morgan fingerprint density at radius 3 is 2.59 bits per heavy atom. The highest BCUT2D eigenvalue weighted by Crippen LogP contribution is 2.28. The smallest absolute Gasteiger partial charge is 0.328 e. The fourth-order valence-corrected chi connectivity index (χ4v) is 3.35. The molecule has 2 aromatic carbocycles. The first-order valence-corrected chi connectivity index (χ1v) is 9.79. The van der Waals surface area contributed by atoms with Gasteiger partial charge in [0.05, 0.1) is 16.8 Å². The van der Waals surface area contributed by atoms with Crippen molar-refractivity contribution < 1.29 is 19.1 Å². The van der Waals surface area contributed by atoms with E-state index >= 15 is 0 Å². The Hall–Kier alpha value is -3.46. The minimum absolute atomic E-state index is 0.240. The van der Waals surface area contributed by atoms with Gasteiger partial charge in [0.25, 0.3) is 5.91 Å². The molecule has 0 radical (unpaired) electrons. The number of esters is 1. The molecule has 0 saturated heterocycles. The molecule has 29 heavy (non-hydrogen) atoms. The number of nitrogens with one attached hydrogen (secondary N) is 3. The predicted octanol–water partition coefficient (Wildman–Crippen LogP) is 3.62. The molecule has 0 bridgehead atoms. The second-order valence-corrected chi connectivity index (χ2v) is 7.12. The maximum Gasteiger partial charge on any atom is 0.328 e. The third-order valence-electron chi connectivity index (χ3n) is 3.89. The number of aromatic nitrogens is 1. The lowest BCUT2D eigenvalue weighted by Gasteiger charge is -2.13. The van der Waals surface area contributed by atoms with Crippen molar-refractivity contribution in [3.05, 3.63) is 54.1 Å². The van der Waals surface area contributed by atoms with Crippen molar-refractivity contribution in [2.45, 2.75) is 19.9 Å².